The smallest absolute Gasteiger partial charge is 0.261 e. The molecule has 2 N–H and O–H groups in total. The monoisotopic (exact) mass is 424 g/mol. The fourth-order valence-electron chi connectivity index (χ4n) is 2.67. The van der Waals surface area contributed by atoms with Crippen molar-refractivity contribution in [1.29, 1.82) is 0 Å². The molecule has 1 amide bonds. The number of ether oxygens (including phenoxy) is 1. The molecule has 30 heavy (non-hydrogen) atoms. The maximum Gasteiger partial charge on any atom is 0.261 e. The summed E-state index contributed by atoms with van der Waals surface area (Å²) in [5, 5.41) is 2.77. The number of sulfonamides is 1. The second-order valence-corrected chi connectivity index (χ2v) is 8.50. The molecule has 0 saturated heterocycles. The minimum absolute atomic E-state index is 0.0577. The van der Waals surface area contributed by atoms with E-state index < -0.39 is 10.0 Å². The summed E-state index contributed by atoms with van der Waals surface area (Å²) in [5.41, 5.74) is 1.43. The first-order valence-electron chi connectivity index (χ1n) is 9.63. The Bertz CT molecular complexity index is 1100. The fourth-order valence-corrected chi connectivity index (χ4v) is 3.73. The van der Waals surface area contributed by atoms with Crippen molar-refractivity contribution in [2.24, 2.45) is 0 Å². The van der Waals surface area contributed by atoms with Crippen molar-refractivity contribution in [2.45, 2.75) is 31.3 Å². The molecule has 6 nitrogen and oxygen atoms in total. The van der Waals surface area contributed by atoms with Gasteiger partial charge in [0.15, 0.2) is 0 Å². The molecule has 3 aromatic carbocycles. The van der Waals surface area contributed by atoms with Gasteiger partial charge in [0.05, 0.1) is 11.0 Å². The highest BCUT2D eigenvalue weighted by Gasteiger charge is 2.15. The lowest BCUT2D eigenvalue weighted by atomic mass is 10.2. The van der Waals surface area contributed by atoms with Crippen LogP contribution in [0.3, 0.4) is 0 Å². The van der Waals surface area contributed by atoms with Crippen molar-refractivity contribution in [3.63, 3.8) is 0 Å². The van der Waals surface area contributed by atoms with Crippen molar-refractivity contribution in [2.75, 3.05) is 10.0 Å². The molecule has 0 fully saturated rings. The van der Waals surface area contributed by atoms with Crippen LogP contribution in [0.4, 0.5) is 11.4 Å². The highest BCUT2D eigenvalue weighted by atomic mass is 32.2. The van der Waals surface area contributed by atoms with E-state index in [9.17, 15) is 13.2 Å². The van der Waals surface area contributed by atoms with E-state index >= 15 is 0 Å². The number of nitrogens with one attached hydrogen (secondary N) is 2. The third kappa shape index (κ3) is 5.61. The Kier molecular flexibility index (Phi) is 6.74. The molecule has 0 spiro atoms. The van der Waals surface area contributed by atoms with Gasteiger partial charge in [0, 0.05) is 16.9 Å². The predicted octanol–water partition coefficient (Wildman–Crippen LogP) is 4.92. The van der Waals surface area contributed by atoms with E-state index in [-0.39, 0.29) is 16.9 Å². The number of benzene rings is 3. The Hall–Kier alpha value is -3.32. The summed E-state index contributed by atoms with van der Waals surface area (Å²) >= 11 is 0. The van der Waals surface area contributed by atoms with Crippen molar-refractivity contribution in [1.82, 2.24) is 0 Å². The Labute approximate surface area is 177 Å². The number of carbonyl (C=O) groups excluding carboxylic acids is 1. The van der Waals surface area contributed by atoms with Crippen LogP contribution in [0.15, 0.2) is 83.8 Å². The Morgan fingerprint density at radius 2 is 1.63 bits per heavy atom. The zero-order valence-electron chi connectivity index (χ0n) is 16.8. The summed E-state index contributed by atoms with van der Waals surface area (Å²) in [5.74, 6) is 0.327. The molecule has 156 valence electrons. The number of hydrogen-bond donors (Lipinski definition) is 2. The van der Waals surface area contributed by atoms with Gasteiger partial charge in [0.2, 0.25) is 0 Å². The van der Waals surface area contributed by atoms with Crippen molar-refractivity contribution in [3.05, 3.63) is 84.4 Å². The highest BCUT2D eigenvalue weighted by molar-refractivity contribution is 7.92. The van der Waals surface area contributed by atoms with Gasteiger partial charge < -0.3 is 10.1 Å². The third-order valence-electron chi connectivity index (χ3n) is 4.46. The lowest BCUT2D eigenvalue weighted by molar-refractivity contribution is 0.102. The van der Waals surface area contributed by atoms with E-state index in [1.165, 1.54) is 12.1 Å². The largest absolute Gasteiger partial charge is 0.491 e. The van der Waals surface area contributed by atoms with E-state index in [0.29, 0.717) is 22.7 Å². The summed E-state index contributed by atoms with van der Waals surface area (Å²) in [7, 11) is -3.71. The van der Waals surface area contributed by atoms with Gasteiger partial charge in [-0.05, 0) is 67.9 Å². The number of anilines is 2. The molecule has 0 aliphatic carbocycles. The highest BCUT2D eigenvalue weighted by Crippen LogP contribution is 2.20. The summed E-state index contributed by atoms with van der Waals surface area (Å²) in [6.45, 7) is 4.00. The first kappa shape index (κ1) is 21.4. The molecule has 0 aliphatic heterocycles. The standard InChI is InChI=1S/C23H24N2O4S/c1-3-17(2)29-21-11-7-8-18(16-21)23(26)24-19-12-14-22(15-13-19)30(27,28)25-20-9-5-4-6-10-20/h4-17,25H,3H2,1-2H3,(H,24,26). The minimum atomic E-state index is -3.71. The van der Waals surface area contributed by atoms with Crippen LogP contribution in [-0.4, -0.2) is 20.4 Å². The van der Waals surface area contributed by atoms with Crippen LogP contribution in [0.5, 0.6) is 5.75 Å². The predicted molar refractivity (Wildman–Crippen MR) is 118 cm³/mol. The molecule has 0 bridgehead atoms. The Balaban J connectivity index is 1.68. The van der Waals surface area contributed by atoms with Gasteiger partial charge in [0.25, 0.3) is 15.9 Å². The summed E-state index contributed by atoms with van der Waals surface area (Å²) in [6, 6.07) is 21.6. The molecule has 1 unspecified atom stereocenters. The second-order valence-electron chi connectivity index (χ2n) is 6.81. The molecular formula is C23H24N2O4S. The van der Waals surface area contributed by atoms with Crippen molar-refractivity contribution >= 4 is 27.3 Å². The van der Waals surface area contributed by atoms with Crippen LogP contribution in [0.25, 0.3) is 0 Å². The second kappa shape index (κ2) is 9.45. The normalized spacial score (nSPS) is 12.1. The number of hydrogen-bond acceptors (Lipinski definition) is 4. The van der Waals surface area contributed by atoms with Crippen LogP contribution in [0.2, 0.25) is 0 Å². The fraction of sp³-hybridized carbons (Fsp3) is 0.174. The molecule has 0 aromatic heterocycles. The molecule has 0 aliphatic rings. The van der Waals surface area contributed by atoms with E-state index in [1.807, 2.05) is 26.0 Å². The zero-order chi connectivity index (χ0) is 21.6. The van der Waals surface area contributed by atoms with Crippen LogP contribution in [0.1, 0.15) is 30.6 Å². The van der Waals surface area contributed by atoms with Gasteiger partial charge in [-0.3, -0.25) is 9.52 Å². The molecule has 0 heterocycles. The van der Waals surface area contributed by atoms with E-state index in [4.69, 9.17) is 4.74 Å². The van der Waals surface area contributed by atoms with Gasteiger partial charge in [0.1, 0.15) is 5.75 Å². The van der Waals surface area contributed by atoms with E-state index in [1.54, 1.807) is 54.6 Å². The first-order chi connectivity index (χ1) is 14.4. The van der Waals surface area contributed by atoms with Crippen molar-refractivity contribution in [3.8, 4) is 5.75 Å². The van der Waals surface area contributed by atoms with Crippen LogP contribution < -0.4 is 14.8 Å². The molecule has 7 heteroatoms. The maximum atomic E-state index is 12.5. The SMILES string of the molecule is CCC(C)Oc1cccc(C(=O)Nc2ccc(S(=O)(=O)Nc3ccccc3)cc2)c1. The molecule has 3 rings (SSSR count). The van der Waals surface area contributed by atoms with Gasteiger partial charge in [-0.2, -0.15) is 0 Å². The average Bonchev–Trinajstić information content (AvgIpc) is 2.74. The molecule has 1 atom stereocenters. The molecular weight excluding hydrogens is 400 g/mol. The summed E-state index contributed by atoms with van der Waals surface area (Å²) in [6.07, 6.45) is 0.924. The van der Waals surface area contributed by atoms with E-state index in [2.05, 4.69) is 10.0 Å². The van der Waals surface area contributed by atoms with Gasteiger partial charge in [-0.1, -0.05) is 31.2 Å². The average molecular weight is 425 g/mol. The zero-order valence-corrected chi connectivity index (χ0v) is 17.6. The first-order valence-corrected chi connectivity index (χ1v) is 11.1. The molecule has 0 saturated carbocycles. The lowest BCUT2D eigenvalue weighted by Gasteiger charge is -2.13. The third-order valence-corrected chi connectivity index (χ3v) is 5.85. The van der Waals surface area contributed by atoms with Gasteiger partial charge in [-0.15, -0.1) is 0 Å². The topological polar surface area (TPSA) is 84.5 Å². The van der Waals surface area contributed by atoms with Crippen LogP contribution >= 0.6 is 0 Å². The Morgan fingerprint density at radius 1 is 0.933 bits per heavy atom. The quantitative estimate of drug-likeness (QED) is 0.538. The summed E-state index contributed by atoms with van der Waals surface area (Å²) < 4.78 is 33.3. The molecule has 3 aromatic rings. The molecule has 0 radical (unpaired) electrons. The number of amides is 1. The van der Waals surface area contributed by atoms with E-state index in [0.717, 1.165) is 6.42 Å². The number of carbonyl (C=O) groups is 1. The Morgan fingerprint density at radius 3 is 2.30 bits per heavy atom. The van der Waals surface area contributed by atoms with Crippen LogP contribution in [-0.2, 0) is 10.0 Å². The van der Waals surface area contributed by atoms with Gasteiger partial charge in [-0.25, -0.2) is 8.42 Å². The maximum absolute atomic E-state index is 12.5. The van der Waals surface area contributed by atoms with Crippen molar-refractivity contribution < 1.29 is 17.9 Å². The number of rotatable bonds is 8. The van der Waals surface area contributed by atoms with Gasteiger partial charge >= 0.3 is 0 Å². The summed E-state index contributed by atoms with van der Waals surface area (Å²) in [4.78, 5) is 12.7. The minimum Gasteiger partial charge on any atom is -0.491 e. The number of para-hydroxylation sites is 1. The lowest BCUT2D eigenvalue weighted by Crippen LogP contribution is -2.14. The van der Waals surface area contributed by atoms with Crippen LogP contribution in [0, 0.1) is 0 Å².